The van der Waals surface area contributed by atoms with E-state index in [1.165, 1.54) is 38.5 Å². The van der Waals surface area contributed by atoms with Gasteiger partial charge in [0.25, 0.3) is 0 Å². The van der Waals surface area contributed by atoms with Crippen molar-refractivity contribution in [2.75, 3.05) is 0 Å². The van der Waals surface area contributed by atoms with Gasteiger partial charge in [-0.25, -0.2) is 9.97 Å². The fourth-order valence-corrected chi connectivity index (χ4v) is 7.34. The Morgan fingerprint density at radius 2 is 1.22 bits per heavy atom. The molecule has 0 bridgehead atoms. The molecule has 9 rings (SSSR count). The summed E-state index contributed by atoms with van der Waals surface area (Å²) in [5.41, 5.74) is 14.0. The van der Waals surface area contributed by atoms with Gasteiger partial charge in [0.15, 0.2) is 0 Å². The Morgan fingerprint density at radius 3 is 2.02 bits per heavy atom. The van der Waals surface area contributed by atoms with E-state index in [-0.39, 0.29) is 0 Å². The van der Waals surface area contributed by atoms with Gasteiger partial charge in [0.2, 0.25) is 0 Å². The Kier molecular flexibility index (Phi) is 5.47. The Labute approximate surface area is 260 Å². The number of hydrogen-bond acceptors (Lipinski definition) is 3. The number of imidazole rings is 1. The highest BCUT2D eigenvalue weighted by atomic mass is 15.1. The Bertz CT molecular complexity index is 2600. The first kappa shape index (κ1) is 25.7. The van der Waals surface area contributed by atoms with Gasteiger partial charge in [-0.1, -0.05) is 60.2 Å². The first-order valence-electron chi connectivity index (χ1n) is 15.3. The fraction of sp³-hybridized carbons (Fsp3) is 0.0750. The summed E-state index contributed by atoms with van der Waals surface area (Å²) in [6.07, 6.45) is 3.71. The maximum Gasteiger partial charge on any atom is 0.149 e. The van der Waals surface area contributed by atoms with Crippen LogP contribution >= 0.6 is 0 Å². The van der Waals surface area contributed by atoms with Crippen LogP contribution in [0.3, 0.4) is 0 Å². The van der Waals surface area contributed by atoms with E-state index in [1.54, 1.807) is 0 Å². The highest BCUT2D eigenvalue weighted by Crippen LogP contribution is 2.42. The predicted molar refractivity (Wildman–Crippen MR) is 185 cm³/mol. The lowest BCUT2D eigenvalue weighted by molar-refractivity contribution is 1.18. The van der Waals surface area contributed by atoms with Crippen molar-refractivity contribution >= 4 is 49.4 Å². The maximum absolute atomic E-state index is 5.46. The molecule has 0 aliphatic rings. The van der Waals surface area contributed by atoms with Crippen LogP contribution in [0.1, 0.15) is 16.7 Å². The molecule has 0 saturated carbocycles. The Morgan fingerprint density at radius 1 is 0.556 bits per heavy atom. The number of para-hydroxylation sites is 2. The molecule has 0 fully saturated rings. The minimum Gasteiger partial charge on any atom is -0.309 e. The Balaban J connectivity index is 1.46. The van der Waals surface area contributed by atoms with Crippen LogP contribution in [0.2, 0.25) is 0 Å². The maximum atomic E-state index is 5.46. The monoisotopic (exact) mass is 579 g/mol. The number of aryl methyl sites for hydroxylation is 3. The predicted octanol–water partition coefficient (Wildman–Crippen LogP) is 9.79. The van der Waals surface area contributed by atoms with Gasteiger partial charge in [-0.3, -0.25) is 9.38 Å². The van der Waals surface area contributed by atoms with Crippen molar-refractivity contribution in [1.29, 1.82) is 0 Å². The summed E-state index contributed by atoms with van der Waals surface area (Å²) in [5.74, 6) is 0. The highest BCUT2D eigenvalue weighted by molar-refractivity contribution is 6.13. The number of pyridine rings is 3. The molecule has 0 aliphatic heterocycles. The molecule has 5 heterocycles. The van der Waals surface area contributed by atoms with E-state index in [2.05, 4.69) is 127 Å². The SMILES string of the molecule is Cc1cc(C)c(-c2nc3c4cccnc4c4cccnc4n3c2-c2ccc3c(c2)c2ccccc2n3-c2ccccc2)c(C)c1. The van der Waals surface area contributed by atoms with E-state index in [9.17, 15) is 0 Å². The summed E-state index contributed by atoms with van der Waals surface area (Å²) in [6.45, 7) is 6.53. The van der Waals surface area contributed by atoms with Crippen LogP contribution in [-0.4, -0.2) is 23.9 Å². The van der Waals surface area contributed by atoms with Crippen LogP contribution in [0.25, 0.3) is 77.6 Å². The zero-order valence-electron chi connectivity index (χ0n) is 25.3. The second-order valence-corrected chi connectivity index (χ2v) is 11.9. The van der Waals surface area contributed by atoms with Gasteiger partial charge in [-0.2, -0.15) is 0 Å². The molecule has 0 saturated heterocycles. The van der Waals surface area contributed by atoms with Crippen molar-refractivity contribution in [3.63, 3.8) is 0 Å². The summed E-state index contributed by atoms with van der Waals surface area (Å²) in [7, 11) is 0. The smallest absolute Gasteiger partial charge is 0.149 e. The largest absolute Gasteiger partial charge is 0.309 e. The molecule has 9 aromatic rings. The third kappa shape index (κ3) is 3.71. The molecule has 5 aromatic heterocycles. The van der Waals surface area contributed by atoms with Gasteiger partial charge in [0, 0.05) is 50.8 Å². The number of nitrogens with zero attached hydrogens (tertiary/aromatic N) is 5. The van der Waals surface area contributed by atoms with Crippen LogP contribution in [0.5, 0.6) is 0 Å². The molecule has 0 unspecified atom stereocenters. The molecule has 0 aliphatic carbocycles. The molecular weight excluding hydrogens is 550 g/mol. The quantitative estimate of drug-likeness (QED) is 0.196. The molecule has 45 heavy (non-hydrogen) atoms. The van der Waals surface area contributed by atoms with E-state index in [0.717, 1.165) is 55.8 Å². The third-order valence-electron chi connectivity index (χ3n) is 9.05. The summed E-state index contributed by atoms with van der Waals surface area (Å²) < 4.78 is 4.61. The lowest BCUT2D eigenvalue weighted by Gasteiger charge is -2.13. The second-order valence-electron chi connectivity index (χ2n) is 11.9. The molecule has 0 atom stereocenters. The van der Waals surface area contributed by atoms with Crippen LogP contribution in [0.15, 0.2) is 122 Å². The van der Waals surface area contributed by atoms with Gasteiger partial charge in [-0.05, 0) is 86.5 Å². The van der Waals surface area contributed by atoms with Crippen molar-refractivity contribution in [3.05, 3.63) is 138 Å². The zero-order valence-corrected chi connectivity index (χ0v) is 25.3. The van der Waals surface area contributed by atoms with E-state index in [4.69, 9.17) is 15.0 Å². The molecular formula is C40H29N5. The summed E-state index contributed by atoms with van der Waals surface area (Å²) >= 11 is 0. The molecule has 0 N–H and O–H groups in total. The lowest BCUT2D eigenvalue weighted by atomic mass is 9.94. The van der Waals surface area contributed by atoms with Crippen molar-refractivity contribution in [2.24, 2.45) is 0 Å². The summed E-state index contributed by atoms with van der Waals surface area (Å²) in [6, 6.07) is 38.8. The van der Waals surface area contributed by atoms with Gasteiger partial charge in [0.1, 0.15) is 11.3 Å². The minimum atomic E-state index is 0.849. The highest BCUT2D eigenvalue weighted by Gasteiger charge is 2.24. The van der Waals surface area contributed by atoms with Crippen LogP contribution in [0, 0.1) is 20.8 Å². The molecule has 5 heteroatoms. The normalized spacial score (nSPS) is 11.9. The summed E-state index contributed by atoms with van der Waals surface area (Å²) in [4.78, 5) is 15.2. The van der Waals surface area contributed by atoms with E-state index in [0.29, 0.717) is 0 Å². The Hall–Kier alpha value is -5.81. The van der Waals surface area contributed by atoms with Gasteiger partial charge < -0.3 is 4.57 Å². The first-order valence-corrected chi connectivity index (χ1v) is 15.3. The number of hydrogen-bond donors (Lipinski definition) is 0. The molecule has 0 radical (unpaired) electrons. The van der Waals surface area contributed by atoms with E-state index in [1.807, 2.05) is 24.5 Å². The van der Waals surface area contributed by atoms with Gasteiger partial charge in [0.05, 0.1) is 27.9 Å². The van der Waals surface area contributed by atoms with E-state index >= 15 is 0 Å². The van der Waals surface area contributed by atoms with Gasteiger partial charge in [-0.15, -0.1) is 0 Å². The molecule has 0 spiro atoms. The first-order chi connectivity index (χ1) is 22.1. The van der Waals surface area contributed by atoms with E-state index < -0.39 is 0 Å². The fourth-order valence-electron chi connectivity index (χ4n) is 7.34. The lowest BCUT2D eigenvalue weighted by Crippen LogP contribution is -1.98. The van der Waals surface area contributed by atoms with Gasteiger partial charge >= 0.3 is 0 Å². The average molecular weight is 580 g/mol. The standard InChI is InChI=1S/C40H29N5/c1-24-21-25(2)35(26(3)22-24)37-38(45-39-30(14-10-20-42-39)36-31(40(45)43-37)15-9-19-41-36)27-17-18-34-32(23-27)29-13-7-8-16-33(29)44(34)28-11-5-4-6-12-28/h4-23H,1-3H3. The number of aromatic nitrogens is 5. The topological polar surface area (TPSA) is 48.0 Å². The number of fused-ring (bicyclic) bond motifs is 9. The molecule has 214 valence electrons. The molecule has 4 aromatic carbocycles. The van der Waals surface area contributed by atoms with Crippen LogP contribution < -0.4 is 0 Å². The number of benzene rings is 4. The van der Waals surface area contributed by atoms with Crippen molar-refractivity contribution in [3.8, 4) is 28.2 Å². The minimum absolute atomic E-state index is 0.849. The van der Waals surface area contributed by atoms with Crippen molar-refractivity contribution < 1.29 is 0 Å². The molecule has 5 nitrogen and oxygen atoms in total. The van der Waals surface area contributed by atoms with Crippen molar-refractivity contribution in [1.82, 2.24) is 23.9 Å². The third-order valence-corrected chi connectivity index (χ3v) is 9.05. The zero-order chi connectivity index (χ0) is 30.2. The van der Waals surface area contributed by atoms with Crippen molar-refractivity contribution in [2.45, 2.75) is 20.8 Å². The number of rotatable bonds is 3. The van der Waals surface area contributed by atoms with Crippen LogP contribution in [-0.2, 0) is 0 Å². The van der Waals surface area contributed by atoms with Crippen LogP contribution in [0.4, 0.5) is 0 Å². The average Bonchev–Trinajstić information content (AvgIpc) is 3.61. The molecule has 0 amide bonds. The summed E-state index contributed by atoms with van der Waals surface area (Å²) in [5, 5.41) is 4.43. The second kappa shape index (κ2) is 9.60.